The Labute approximate surface area is 137 Å². The Bertz CT molecular complexity index is 556. The van der Waals surface area contributed by atoms with Crippen molar-refractivity contribution in [1.29, 1.82) is 0 Å². The molecule has 0 atom stereocenters. The van der Waals surface area contributed by atoms with Gasteiger partial charge >= 0.3 is 6.01 Å². The molecule has 0 unspecified atom stereocenters. The van der Waals surface area contributed by atoms with Crippen LogP contribution in [0.5, 0.6) is 6.01 Å². The summed E-state index contributed by atoms with van der Waals surface area (Å²) < 4.78 is 5.52. The molecular weight excluding hydrogens is 288 g/mol. The van der Waals surface area contributed by atoms with Crippen LogP contribution in [0.15, 0.2) is 48.8 Å². The van der Waals surface area contributed by atoms with Gasteiger partial charge in [-0.05, 0) is 37.6 Å². The number of benzene rings is 1. The maximum absolute atomic E-state index is 5.52. The van der Waals surface area contributed by atoms with E-state index in [4.69, 9.17) is 4.74 Å². The van der Waals surface area contributed by atoms with Gasteiger partial charge in [0.05, 0.1) is 6.61 Å². The first kappa shape index (κ1) is 15.7. The van der Waals surface area contributed by atoms with Crippen LogP contribution in [0, 0.1) is 0 Å². The highest BCUT2D eigenvalue weighted by molar-refractivity contribution is 5.46. The lowest BCUT2D eigenvalue weighted by Crippen LogP contribution is -2.46. The molecule has 1 fully saturated rings. The van der Waals surface area contributed by atoms with E-state index in [1.807, 2.05) is 0 Å². The van der Waals surface area contributed by atoms with Crippen molar-refractivity contribution in [3.8, 4) is 6.01 Å². The Balaban J connectivity index is 1.29. The lowest BCUT2D eigenvalue weighted by molar-refractivity contribution is 0.234. The molecule has 5 heteroatoms. The third-order valence-corrected chi connectivity index (χ3v) is 4.14. The highest BCUT2D eigenvalue weighted by Gasteiger charge is 2.16. The zero-order chi connectivity index (χ0) is 15.7. The minimum absolute atomic E-state index is 0.476. The van der Waals surface area contributed by atoms with Gasteiger partial charge in [0.1, 0.15) is 0 Å². The molecule has 1 aliphatic rings. The molecule has 0 amide bonds. The second kappa shape index (κ2) is 8.48. The van der Waals surface area contributed by atoms with Crippen LogP contribution < -0.4 is 9.64 Å². The Morgan fingerprint density at radius 1 is 0.870 bits per heavy atom. The average Bonchev–Trinajstić information content (AvgIpc) is 2.64. The summed E-state index contributed by atoms with van der Waals surface area (Å²) in [6.07, 6.45) is 5.60. The van der Waals surface area contributed by atoms with E-state index in [0.29, 0.717) is 12.6 Å². The first-order valence-corrected chi connectivity index (χ1v) is 8.34. The van der Waals surface area contributed by atoms with Crippen molar-refractivity contribution in [2.45, 2.75) is 12.8 Å². The van der Waals surface area contributed by atoms with Gasteiger partial charge in [0.2, 0.25) is 0 Å². The van der Waals surface area contributed by atoms with Crippen molar-refractivity contribution >= 4 is 5.69 Å². The molecule has 0 aliphatic carbocycles. The van der Waals surface area contributed by atoms with Crippen LogP contribution in [-0.4, -0.2) is 54.2 Å². The van der Waals surface area contributed by atoms with E-state index in [2.05, 4.69) is 50.1 Å². The molecule has 0 N–H and O–H groups in total. The Morgan fingerprint density at radius 3 is 2.35 bits per heavy atom. The van der Waals surface area contributed by atoms with E-state index in [1.165, 1.54) is 5.69 Å². The SMILES string of the molecule is c1ccc(N2CCN(CCCCOc3ncccn3)CC2)cc1. The summed E-state index contributed by atoms with van der Waals surface area (Å²) in [5, 5.41) is 0. The summed E-state index contributed by atoms with van der Waals surface area (Å²) in [4.78, 5) is 13.1. The number of hydrogen-bond donors (Lipinski definition) is 0. The summed E-state index contributed by atoms with van der Waals surface area (Å²) >= 11 is 0. The van der Waals surface area contributed by atoms with E-state index in [1.54, 1.807) is 18.5 Å². The van der Waals surface area contributed by atoms with Crippen molar-refractivity contribution in [3.63, 3.8) is 0 Å². The Kier molecular flexibility index (Phi) is 5.81. The van der Waals surface area contributed by atoms with Crippen LogP contribution >= 0.6 is 0 Å². The van der Waals surface area contributed by atoms with E-state index in [9.17, 15) is 0 Å². The molecule has 0 saturated carbocycles. The quantitative estimate of drug-likeness (QED) is 0.735. The molecule has 1 aromatic heterocycles. The van der Waals surface area contributed by atoms with Gasteiger partial charge in [-0.3, -0.25) is 4.90 Å². The molecule has 122 valence electrons. The minimum Gasteiger partial charge on any atom is -0.463 e. The summed E-state index contributed by atoms with van der Waals surface area (Å²) in [6, 6.07) is 12.9. The number of unbranched alkanes of at least 4 members (excludes halogenated alkanes) is 1. The smallest absolute Gasteiger partial charge is 0.316 e. The first-order valence-electron chi connectivity index (χ1n) is 8.34. The molecule has 1 aliphatic heterocycles. The van der Waals surface area contributed by atoms with Gasteiger partial charge < -0.3 is 9.64 Å². The van der Waals surface area contributed by atoms with Crippen molar-refractivity contribution in [2.75, 3.05) is 44.2 Å². The minimum atomic E-state index is 0.476. The third kappa shape index (κ3) is 4.93. The van der Waals surface area contributed by atoms with Gasteiger partial charge in [0, 0.05) is 44.3 Å². The topological polar surface area (TPSA) is 41.5 Å². The van der Waals surface area contributed by atoms with Crippen LogP contribution in [0.4, 0.5) is 5.69 Å². The molecular formula is C18H24N4O. The van der Waals surface area contributed by atoms with Crippen molar-refractivity contribution < 1.29 is 4.74 Å². The lowest BCUT2D eigenvalue weighted by atomic mass is 10.2. The molecule has 3 rings (SSSR count). The zero-order valence-corrected chi connectivity index (χ0v) is 13.5. The maximum atomic E-state index is 5.52. The van der Waals surface area contributed by atoms with Crippen LogP contribution in [0.25, 0.3) is 0 Å². The number of hydrogen-bond acceptors (Lipinski definition) is 5. The van der Waals surface area contributed by atoms with Gasteiger partial charge in [-0.1, -0.05) is 18.2 Å². The van der Waals surface area contributed by atoms with E-state index in [0.717, 1.165) is 45.6 Å². The summed E-state index contributed by atoms with van der Waals surface area (Å²) in [5.41, 5.74) is 1.34. The van der Waals surface area contributed by atoms with E-state index >= 15 is 0 Å². The molecule has 1 aromatic carbocycles. The molecule has 1 saturated heterocycles. The second-order valence-corrected chi connectivity index (χ2v) is 5.75. The average molecular weight is 312 g/mol. The van der Waals surface area contributed by atoms with Crippen molar-refractivity contribution in [3.05, 3.63) is 48.8 Å². The number of ether oxygens (including phenoxy) is 1. The van der Waals surface area contributed by atoms with Gasteiger partial charge in [-0.25, -0.2) is 9.97 Å². The van der Waals surface area contributed by atoms with Gasteiger partial charge in [0.25, 0.3) is 0 Å². The highest BCUT2D eigenvalue weighted by atomic mass is 16.5. The predicted molar refractivity (Wildman–Crippen MR) is 91.9 cm³/mol. The van der Waals surface area contributed by atoms with Crippen molar-refractivity contribution in [1.82, 2.24) is 14.9 Å². The molecule has 5 nitrogen and oxygen atoms in total. The van der Waals surface area contributed by atoms with Gasteiger partial charge in [0.15, 0.2) is 0 Å². The predicted octanol–water partition coefficient (Wildman–Crippen LogP) is 2.46. The second-order valence-electron chi connectivity index (χ2n) is 5.75. The molecule has 0 spiro atoms. The van der Waals surface area contributed by atoms with Crippen LogP contribution in [0.1, 0.15) is 12.8 Å². The van der Waals surface area contributed by atoms with Gasteiger partial charge in [-0.15, -0.1) is 0 Å². The highest BCUT2D eigenvalue weighted by Crippen LogP contribution is 2.15. The summed E-state index contributed by atoms with van der Waals surface area (Å²) in [5.74, 6) is 0. The number of aromatic nitrogens is 2. The molecule has 2 heterocycles. The van der Waals surface area contributed by atoms with E-state index < -0.39 is 0 Å². The summed E-state index contributed by atoms with van der Waals surface area (Å²) in [6.45, 7) is 6.32. The van der Waals surface area contributed by atoms with Gasteiger partial charge in [-0.2, -0.15) is 0 Å². The molecule has 0 bridgehead atoms. The van der Waals surface area contributed by atoms with Crippen LogP contribution in [-0.2, 0) is 0 Å². The molecule has 2 aromatic rings. The fraction of sp³-hybridized carbons (Fsp3) is 0.444. The van der Waals surface area contributed by atoms with Crippen molar-refractivity contribution in [2.24, 2.45) is 0 Å². The first-order chi connectivity index (χ1) is 11.4. The lowest BCUT2D eigenvalue weighted by Gasteiger charge is -2.36. The monoisotopic (exact) mass is 312 g/mol. The fourth-order valence-electron chi connectivity index (χ4n) is 2.83. The Hall–Kier alpha value is -2.14. The largest absolute Gasteiger partial charge is 0.463 e. The van der Waals surface area contributed by atoms with Crippen LogP contribution in [0.2, 0.25) is 0 Å². The number of nitrogens with zero attached hydrogens (tertiary/aromatic N) is 4. The maximum Gasteiger partial charge on any atom is 0.316 e. The third-order valence-electron chi connectivity index (χ3n) is 4.14. The molecule has 0 radical (unpaired) electrons. The molecule has 23 heavy (non-hydrogen) atoms. The van der Waals surface area contributed by atoms with Crippen LogP contribution in [0.3, 0.4) is 0 Å². The summed E-state index contributed by atoms with van der Waals surface area (Å²) in [7, 11) is 0. The van der Waals surface area contributed by atoms with E-state index in [-0.39, 0.29) is 0 Å². The Morgan fingerprint density at radius 2 is 1.61 bits per heavy atom. The zero-order valence-electron chi connectivity index (χ0n) is 13.5. The number of anilines is 1. The number of piperazine rings is 1. The number of rotatable bonds is 7. The fourth-order valence-corrected chi connectivity index (χ4v) is 2.83. The standard InChI is InChI=1S/C18H24N4O/c1-2-7-17(8-3-1)22-14-12-21(13-15-22)11-4-5-16-23-18-19-9-6-10-20-18/h1-3,6-10H,4-5,11-16H2. The number of para-hydroxylation sites is 1. The normalized spacial score (nSPS) is 15.6.